The number of thiazole rings is 1. The van der Waals surface area contributed by atoms with Crippen LogP contribution in [-0.4, -0.2) is 28.4 Å². The van der Waals surface area contributed by atoms with Crippen LogP contribution in [0.3, 0.4) is 0 Å². The summed E-state index contributed by atoms with van der Waals surface area (Å²) in [5, 5.41) is 5.19. The van der Waals surface area contributed by atoms with E-state index in [0.29, 0.717) is 29.5 Å². The molecule has 1 aromatic carbocycles. The van der Waals surface area contributed by atoms with E-state index < -0.39 is 0 Å². The number of carbonyl (C=O) groups is 2. The molecule has 0 bridgehead atoms. The zero-order valence-corrected chi connectivity index (χ0v) is 16.0. The first-order chi connectivity index (χ1) is 13.6. The van der Waals surface area contributed by atoms with Crippen LogP contribution in [-0.2, 0) is 17.9 Å². The topological polar surface area (TPSA) is 84.4 Å². The number of nitrogens with one attached hydrogen (secondary N) is 1. The Kier molecular flexibility index (Phi) is 5.03. The summed E-state index contributed by atoms with van der Waals surface area (Å²) in [4.78, 5) is 34.9. The summed E-state index contributed by atoms with van der Waals surface area (Å²) in [5.74, 6) is 0.280. The van der Waals surface area contributed by atoms with Crippen LogP contribution in [0.25, 0.3) is 0 Å². The van der Waals surface area contributed by atoms with Gasteiger partial charge in [0.1, 0.15) is 16.5 Å². The van der Waals surface area contributed by atoms with Crippen molar-refractivity contribution in [3.63, 3.8) is 0 Å². The van der Waals surface area contributed by atoms with Crippen molar-refractivity contribution in [3.8, 4) is 5.75 Å². The molecule has 142 valence electrons. The molecular formula is C20H18N4O3S. The number of pyridine rings is 1. The summed E-state index contributed by atoms with van der Waals surface area (Å²) in [6.45, 7) is 2.60. The molecule has 8 heteroatoms. The van der Waals surface area contributed by atoms with Gasteiger partial charge < -0.3 is 10.1 Å². The molecule has 0 fully saturated rings. The van der Waals surface area contributed by atoms with Crippen LogP contribution in [0, 0.1) is 6.92 Å². The van der Waals surface area contributed by atoms with Crippen LogP contribution < -0.4 is 15.0 Å². The second kappa shape index (κ2) is 7.77. The molecule has 0 radical (unpaired) electrons. The number of amides is 2. The van der Waals surface area contributed by atoms with Gasteiger partial charge in [-0.2, -0.15) is 0 Å². The van der Waals surface area contributed by atoms with Gasteiger partial charge in [0.2, 0.25) is 0 Å². The van der Waals surface area contributed by atoms with E-state index >= 15 is 0 Å². The van der Waals surface area contributed by atoms with Gasteiger partial charge in [0.25, 0.3) is 11.8 Å². The smallest absolute Gasteiger partial charge is 0.271 e. The van der Waals surface area contributed by atoms with E-state index in [-0.39, 0.29) is 18.4 Å². The Labute approximate surface area is 166 Å². The molecule has 0 unspecified atom stereocenters. The number of rotatable bonds is 5. The fraction of sp³-hybridized carbons (Fsp3) is 0.200. The minimum absolute atomic E-state index is 0.00114. The third-order valence-corrected chi connectivity index (χ3v) is 5.12. The Morgan fingerprint density at radius 3 is 3.04 bits per heavy atom. The first-order valence-electron chi connectivity index (χ1n) is 8.76. The van der Waals surface area contributed by atoms with Gasteiger partial charge in [0.05, 0.1) is 24.5 Å². The van der Waals surface area contributed by atoms with Crippen molar-refractivity contribution in [1.29, 1.82) is 0 Å². The van der Waals surface area contributed by atoms with Gasteiger partial charge in [0.15, 0.2) is 6.61 Å². The number of hydrogen-bond donors (Lipinski definition) is 1. The average molecular weight is 394 g/mol. The van der Waals surface area contributed by atoms with Gasteiger partial charge in [-0.15, -0.1) is 11.3 Å². The number of fused-ring (bicyclic) bond motifs is 1. The highest BCUT2D eigenvalue weighted by Gasteiger charge is 2.26. The van der Waals surface area contributed by atoms with E-state index in [1.54, 1.807) is 16.5 Å². The molecule has 2 aromatic heterocycles. The van der Waals surface area contributed by atoms with E-state index in [2.05, 4.69) is 15.3 Å². The Balaban J connectivity index is 1.46. The molecule has 4 rings (SSSR count). The van der Waals surface area contributed by atoms with Crippen molar-refractivity contribution >= 4 is 28.8 Å². The van der Waals surface area contributed by atoms with E-state index in [4.69, 9.17) is 4.74 Å². The Morgan fingerprint density at radius 2 is 2.21 bits per heavy atom. The highest BCUT2D eigenvalue weighted by molar-refractivity contribution is 7.09. The van der Waals surface area contributed by atoms with Crippen molar-refractivity contribution < 1.29 is 14.3 Å². The fourth-order valence-corrected chi connectivity index (χ4v) is 3.63. The number of benzene rings is 1. The highest BCUT2D eigenvalue weighted by Crippen LogP contribution is 2.34. The standard InChI is InChI=1S/C20H18N4O3S/c1-13-5-6-17-16(8-13)24(19(25)11-27-17)10-18-23-15(12-28-18)20(26)22-9-14-4-2-3-7-21-14/h2-8,12H,9-11H2,1H3,(H,22,26). The molecule has 3 aromatic rings. The monoisotopic (exact) mass is 394 g/mol. The third kappa shape index (κ3) is 3.86. The van der Waals surface area contributed by atoms with E-state index in [0.717, 1.165) is 16.9 Å². The molecule has 2 amide bonds. The maximum atomic E-state index is 12.4. The van der Waals surface area contributed by atoms with Crippen LogP contribution in [0.1, 0.15) is 26.8 Å². The SMILES string of the molecule is Cc1ccc2c(c1)N(Cc1nc(C(=O)NCc3ccccn3)cs1)C(=O)CO2. The normalized spacial score (nSPS) is 13.0. The molecule has 7 nitrogen and oxygen atoms in total. The zero-order chi connectivity index (χ0) is 19.5. The molecule has 0 atom stereocenters. The quantitative estimate of drug-likeness (QED) is 0.719. The molecule has 0 spiro atoms. The number of anilines is 1. The molecule has 1 N–H and O–H groups in total. The lowest BCUT2D eigenvalue weighted by Gasteiger charge is -2.29. The largest absolute Gasteiger partial charge is 0.482 e. The number of aromatic nitrogens is 2. The van der Waals surface area contributed by atoms with Crippen molar-refractivity contribution in [1.82, 2.24) is 15.3 Å². The van der Waals surface area contributed by atoms with Crippen molar-refractivity contribution in [2.75, 3.05) is 11.5 Å². The highest BCUT2D eigenvalue weighted by atomic mass is 32.1. The van der Waals surface area contributed by atoms with Gasteiger partial charge >= 0.3 is 0 Å². The molecular weight excluding hydrogens is 376 g/mol. The third-order valence-electron chi connectivity index (χ3n) is 4.29. The molecule has 0 aliphatic carbocycles. The lowest BCUT2D eigenvalue weighted by molar-refractivity contribution is -0.121. The molecule has 3 heterocycles. The van der Waals surface area contributed by atoms with Crippen LogP contribution in [0.4, 0.5) is 5.69 Å². The summed E-state index contributed by atoms with van der Waals surface area (Å²) < 4.78 is 5.50. The Morgan fingerprint density at radius 1 is 1.32 bits per heavy atom. The minimum Gasteiger partial charge on any atom is -0.482 e. The van der Waals surface area contributed by atoms with Crippen LogP contribution in [0.5, 0.6) is 5.75 Å². The fourth-order valence-electron chi connectivity index (χ4n) is 2.87. The minimum atomic E-state index is -0.266. The molecule has 28 heavy (non-hydrogen) atoms. The van der Waals surface area contributed by atoms with Gasteiger partial charge in [-0.05, 0) is 36.8 Å². The average Bonchev–Trinajstić information content (AvgIpc) is 3.18. The molecule has 1 aliphatic rings. The lowest BCUT2D eigenvalue weighted by atomic mass is 10.1. The first-order valence-corrected chi connectivity index (χ1v) is 9.64. The van der Waals surface area contributed by atoms with Crippen molar-refractivity contribution in [2.45, 2.75) is 20.0 Å². The van der Waals surface area contributed by atoms with Gasteiger partial charge in [-0.3, -0.25) is 19.5 Å². The van der Waals surface area contributed by atoms with Gasteiger partial charge in [-0.25, -0.2) is 4.98 Å². The summed E-state index contributed by atoms with van der Waals surface area (Å²) >= 11 is 1.35. The van der Waals surface area contributed by atoms with Gasteiger partial charge in [0, 0.05) is 11.6 Å². The molecule has 1 aliphatic heterocycles. The number of hydrogen-bond acceptors (Lipinski definition) is 6. The number of ether oxygens (including phenoxy) is 1. The van der Waals surface area contributed by atoms with E-state index in [1.165, 1.54) is 11.3 Å². The lowest BCUT2D eigenvalue weighted by Crippen LogP contribution is -2.38. The summed E-state index contributed by atoms with van der Waals surface area (Å²) in [6.07, 6.45) is 1.68. The summed E-state index contributed by atoms with van der Waals surface area (Å²) in [5.41, 5.74) is 2.88. The molecule has 0 saturated carbocycles. The predicted molar refractivity (Wildman–Crippen MR) is 105 cm³/mol. The Hall–Kier alpha value is -3.26. The summed E-state index contributed by atoms with van der Waals surface area (Å²) in [7, 11) is 0. The second-order valence-electron chi connectivity index (χ2n) is 6.37. The number of nitrogens with zero attached hydrogens (tertiary/aromatic N) is 3. The van der Waals surface area contributed by atoms with Crippen LogP contribution in [0.2, 0.25) is 0 Å². The van der Waals surface area contributed by atoms with Crippen LogP contribution in [0.15, 0.2) is 48.0 Å². The number of carbonyl (C=O) groups excluding carboxylic acids is 2. The van der Waals surface area contributed by atoms with E-state index in [1.807, 2.05) is 43.3 Å². The van der Waals surface area contributed by atoms with Crippen molar-refractivity contribution in [3.05, 3.63) is 69.9 Å². The number of aryl methyl sites for hydroxylation is 1. The second-order valence-corrected chi connectivity index (χ2v) is 7.31. The van der Waals surface area contributed by atoms with Crippen LogP contribution >= 0.6 is 11.3 Å². The summed E-state index contributed by atoms with van der Waals surface area (Å²) in [6, 6.07) is 11.3. The van der Waals surface area contributed by atoms with E-state index in [9.17, 15) is 9.59 Å². The van der Waals surface area contributed by atoms with Gasteiger partial charge in [-0.1, -0.05) is 12.1 Å². The predicted octanol–water partition coefficient (Wildman–Crippen LogP) is 2.70. The maximum Gasteiger partial charge on any atom is 0.271 e. The first kappa shape index (κ1) is 18.1. The van der Waals surface area contributed by atoms with Crippen molar-refractivity contribution in [2.24, 2.45) is 0 Å². The zero-order valence-electron chi connectivity index (χ0n) is 15.2. The maximum absolute atomic E-state index is 12.4. The molecule has 0 saturated heterocycles. The Bertz CT molecular complexity index is 1020.